The van der Waals surface area contributed by atoms with Crippen molar-refractivity contribution in [3.05, 3.63) is 45.4 Å². The molecule has 0 saturated carbocycles. The van der Waals surface area contributed by atoms with E-state index in [9.17, 15) is 0 Å². The third kappa shape index (κ3) is 5.59. The first-order valence-corrected chi connectivity index (χ1v) is 6.89. The van der Waals surface area contributed by atoms with Crippen LogP contribution in [0.4, 0.5) is 0 Å². The largest absolute Gasteiger partial charge is 0.396 e. The lowest BCUT2D eigenvalue weighted by atomic mass is 10.2. The molecule has 0 heterocycles. The maximum Gasteiger partial charge on any atom is 0.0595 e. The molecule has 1 aromatic rings. The van der Waals surface area contributed by atoms with Crippen molar-refractivity contribution in [3.8, 4) is 0 Å². The van der Waals surface area contributed by atoms with Gasteiger partial charge in [0.25, 0.3) is 0 Å². The Labute approximate surface area is 123 Å². The zero-order chi connectivity index (χ0) is 13.4. The molecule has 5 heteroatoms. The molecule has 0 radical (unpaired) electrons. The van der Waals surface area contributed by atoms with Crippen LogP contribution in [0.25, 0.3) is 0 Å². The van der Waals surface area contributed by atoms with E-state index in [4.69, 9.17) is 39.9 Å². The van der Waals surface area contributed by atoms with Crippen molar-refractivity contribution in [2.24, 2.45) is 0 Å². The summed E-state index contributed by atoms with van der Waals surface area (Å²) >= 11 is 17.4. The molecule has 18 heavy (non-hydrogen) atoms. The molecule has 0 spiro atoms. The second-order valence-corrected chi connectivity index (χ2v) is 4.99. The quantitative estimate of drug-likeness (QED) is 0.825. The van der Waals surface area contributed by atoms with Gasteiger partial charge in [-0.1, -0.05) is 46.9 Å². The summed E-state index contributed by atoms with van der Waals surface area (Å²) in [6.07, 6.45) is 2.61. The Morgan fingerprint density at radius 2 is 2.00 bits per heavy atom. The van der Waals surface area contributed by atoms with Crippen LogP contribution in [0.2, 0.25) is 10.0 Å². The van der Waals surface area contributed by atoms with Crippen LogP contribution in [0.3, 0.4) is 0 Å². The molecule has 1 aromatic carbocycles. The molecule has 0 saturated heterocycles. The van der Waals surface area contributed by atoms with Crippen LogP contribution in [0.15, 0.2) is 29.8 Å². The number of hydrogen-bond donors (Lipinski definition) is 1. The SMILES string of the molecule is OCCCN(CC=CCl)Cc1ccc(Cl)c(Cl)c1. The Morgan fingerprint density at radius 3 is 2.61 bits per heavy atom. The molecular formula is C13H16Cl3NO. The van der Waals surface area contributed by atoms with Crippen LogP contribution >= 0.6 is 34.8 Å². The summed E-state index contributed by atoms with van der Waals surface area (Å²) in [5.41, 5.74) is 2.59. The smallest absolute Gasteiger partial charge is 0.0595 e. The lowest BCUT2D eigenvalue weighted by Crippen LogP contribution is -2.25. The Balaban J connectivity index is 2.65. The van der Waals surface area contributed by atoms with Gasteiger partial charge < -0.3 is 5.11 Å². The fourth-order valence-electron chi connectivity index (χ4n) is 1.61. The average molecular weight is 309 g/mol. The number of hydrogen-bond acceptors (Lipinski definition) is 2. The van der Waals surface area contributed by atoms with Gasteiger partial charge in [-0.05, 0) is 24.1 Å². The summed E-state index contributed by atoms with van der Waals surface area (Å²) in [6.45, 7) is 2.47. The highest BCUT2D eigenvalue weighted by Crippen LogP contribution is 2.23. The van der Waals surface area contributed by atoms with Crippen LogP contribution in [0, 0.1) is 0 Å². The first-order valence-electron chi connectivity index (χ1n) is 5.69. The molecule has 0 aromatic heterocycles. The minimum Gasteiger partial charge on any atom is -0.396 e. The van der Waals surface area contributed by atoms with E-state index >= 15 is 0 Å². The minimum absolute atomic E-state index is 0.183. The summed E-state index contributed by atoms with van der Waals surface area (Å²) in [7, 11) is 0. The zero-order valence-electron chi connectivity index (χ0n) is 9.95. The van der Waals surface area contributed by atoms with Crippen molar-refractivity contribution in [2.45, 2.75) is 13.0 Å². The van der Waals surface area contributed by atoms with Crippen molar-refractivity contribution in [1.82, 2.24) is 4.90 Å². The molecule has 0 aliphatic heterocycles. The number of aliphatic hydroxyl groups is 1. The van der Waals surface area contributed by atoms with Gasteiger partial charge in [0.1, 0.15) is 0 Å². The van der Waals surface area contributed by atoms with E-state index in [1.165, 1.54) is 5.54 Å². The normalized spacial score (nSPS) is 11.6. The summed E-state index contributed by atoms with van der Waals surface area (Å²) < 4.78 is 0. The van der Waals surface area contributed by atoms with E-state index in [2.05, 4.69) is 4.90 Å². The molecule has 0 aliphatic rings. The first-order chi connectivity index (χ1) is 8.67. The molecule has 0 atom stereocenters. The van der Waals surface area contributed by atoms with E-state index in [1.54, 1.807) is 6.07 Å². The van der Waals surface area contributed by atoms with Gasteiger partial charge in [0.2, 0.25) is 0 Å². The lowest BCUT2D eigenvalue weighted by Gasteiger charge is -2.20. The first kappa shape index (κ1) is 15.8. The number of nitrogens with zero attached hydrogens (tertiary/aromatic N) is 1. The molecule has 100 valence electrons. The van der Waals surface area contributed by atoms with Gasteiger partial charge in [-0.3, -0.25) is 4.90 Å². The maximum absolute atomic E-state index is 8.88. The van der Waals surface area contributed by atoms with E-state index in [1.807, 2.05) is 18.2 Å². The van der Waals surface area contributed by atoms with Crippen LogP contribution in [-0.2, 0) is 6.54 Å². The molecule has 0 unspecified atom stereocenters. The third-order valence-electron chi connectivity index (χ3n) is 2.48. The van der Waals surface area contributed by atoms with Gasteiger partial charge in [-0.15, -0.1) is 0 Å². The van der Waals surface area contributed by atoms with Gasteiger partial charge in [0.05, 0.1) is 10.0 Å². The third-order valence-corrected chi connectivity index (χ3v) is 3.39. The monoisotopic (exact) mass is 307 g/mol. The second kappa shape index (κ2) is 8.78. The molecular weight excluding hydrogens is 293 g/mol. The van der Waals surface area contributed by atoms with Crippen LogP contribution in [0.5, 0.6) is 0 Å². The number of benzene rings is 1. The standard InChI is InChI=1S/C13H16Cl3NO/c14-5-1-6-17(7-2-8-18)10-11-3-4-12(15)13(16)9-11/h1,3-5,9,18H,2,6-8,10H2. The van der Waals surface area contributed by atoms with Gasteiger partial charge >= 0.3 is 0 Å². The van der Waals surface area contributed by atoms with E-state index in [-0.39, 0.29) is 6.61 Å². The van der Waals surface area contributed by atoms with E-state index in [0.29, 0.717) is 10.0 Å². The van der Waals surface area contributed by atoms with Crippen LogP contribution in [-0.4, -0.2) is 29.7 Å². The molecule has 2 nitrogen and oxygen atoms in total. The molecule has 0 amide bonds. The maximum atomic E-state index is 8.88. The number of rotatable bonds is 7. The van der Waals surface area contributed by atoms with Crippen molar-refractivity contribution in [2.75, 3.05) is 19.7 Å². The van der Waals surface area contributed by atoms with Crippen LogP contribution in [0.1, 0.15) is 12.0 Å². The van der Waals surface area contributed by atoms with Crippen molar-refractivity contribution in [1.29, 1.82) is 0 Å². The van der Waals surface area contributed by atoms with Crippen LogP contribution < -0.4 is 0 Å². The Kier molecular flexibility index (Phi) is 7.71. The van der Waals surface area contributed by atoms with Crippen molar-refractivity contribution >= 4 is 34.8 Å². The molecule has 1 rings (SSSR count). The van der Waals surface area contributed by atoms with Crippen molar-refractivity contribution < 1.29 is 5.11 Å². The summed E-state index contributed by atoms with van der Waals surface area (Å²) in [5.74, 6) is 0. The fraction of sp³-hybridized carbons (Fsp3) is 0.385. The topological polar surface area (TPSA) is 23.5 Å². The molecule has 0 aliphatic carbocycles. The average Bonchev–Trinajstić information content (AvgIpc) is 2.37. The predicted octanol–water partition coefficient (Wildman–Crippen LogP) is 3.93. The highest BCUT2D eigenvalue weighted by atomic mass is 35.5. The summed E-state index contributed by atoms with van der Waals surface area (Å²) in [4.78, 5) is 2.18. The van der Waals surface area contributed by atoms with Gasteiger partial charge in [0, 0.05) is 31.8 Å². The predicted molar refractivity (Wildman–Crippen MR) is 78.4 cm³/mol. The van der Waals surface area contributed by atoms with E-state index in [0.717, 1.165) is 31.6 Å². The van der Waals surface area contributed by atoms with Crippen molar-refractivity contribution in [3.63, 3.8) is 0 Å². The van der Waals surface area contributed by atoms with Gasteiger partial charge in [-0.2, -0.15) is 0 Å². The minimum atomic E-state index is 0.183. The Hall–Kier alpha value is -0.250. The summed E-state index contributed by atoms with van der Waals surface area (Å²) in [5, 5.41) is 10.00. The Morgan fingerprint density at radius 1 is 1.22 bits per heavy atom. The molecule has 0 bridgehead atoms. The molecule has 0 fully saturated rings. The van der Waals surface area contributed by atoms with Gasteiger partial charge in [0.15, 0.2) is 0 Å². The molecule has 1 N–H and O–H groups in total. The van der Waals surface area contributed by atoms with E-state index < -0.39 is 0 Å². The number of halogens is 3. The number of aliphatic hydroxyl groups excluding tert-OH is 1. The zero-order valence-corrected chi connectivity index (χ0v) is 12.2. The fourth-order valence-corrected chi connectivity index (χ4v) is 2.01. The highest BCUT2D eigenvalue weighted by molar-refractivity contribution is 6.42. The highest BCUT2D eigenvalue weighted by Gasteiger charge is 2.06. The van der Waals surface area contributed by atoms with Gasteiger partial charge in [-0.25, -0.2) is 0 Å². The summed E-state index contributed by atoms with van der Waals surface area (Å²) in [6, 6.07) is 5.60. The lowest BCUT2D eigenvalue weighted by molar-refractivity contribution is 0.232. The Bertz CT molecular complexity index is 396. The second-order valence-electron chi connectivity index (χ2n) is 3.92.